The van der Waals surface area contributed by atoms with Gasteiger partial charge < -0.3 is 9.47 Å². The first-order valence-electron chi connectivity index (χ1n) is 6.94. The van der Waals surface area contributed by atoms with Gasteiger partial charge in [-0.3, -0.25) is 5.32 Å². The van der Waals surface area contributed by atoms with Gasteiger partial charge in [0, 0.05) is 5.69 Å². The van der Waals surface area contributed by atoms with Gasteiger partial charge >= 0.3 is 6.09 Å². The molecule has 0 aliphatic heterocycles. The van der Waals surface area contributed by atoms with Crippen LogP contribution in [0.3, 0.4) is 0 Å². The minimum atomic E-state index is -0.508. The SMILES string of the molecule is Cc1ccc(NC(=O)OCCOc2ccccc2Cl)cc1C. The fourth-order valence-electron chi connectivity index (χ4n) is 1.82. The number of rotatable bonds is 5. The van der Waals surface area contributed by atoms with Crippen molar-refractivity contribution >= 4 is 23.4 Å². The summed E-state index contributed by atoms with van der Waals surface area (Å²) in [7, 11) is 0. The second-order valence-corrected chi connectivity index (χ2v) is 5.25. The largest absolute Gasteiger partial charge is 0.488 e. The van der Waals surface area contributed by atoms with E-state index in [1.165, 1.54) is 5.56 Å². The summed E-state index contributed by atoms with van der Waals surface area (Å²) in [5, 5.41) is 3.21. The monoisotopic (exact) mass is 319 g/mol. The number of carbonyl (C=O) groups excluding carboxylic acids is 1. The van der Waals surface area contributed by atoms with Crippen LogP contribution in [-0.4, -0.2) is 19.3 Å². The molecule has 1 amide bonds. The quantitative estimate of drug-likeness (QED) is 0.820. The van der Waals surface area contributed by atoms with Gasteiger partial charge in [-0.2, -0.15) is 0 Å². The van der Waals surface area contributed by atoms with Gasteiger partial charge in [-0.15, -0.1) is 0 Å². The fourth-order valence-corrected chi connectivity index (χ4v) is 2.01. The van der Waals surface area contributed by atoms with Gasteiger partial charge in [-0.05, 0) is 49.2 Å². The number of carbonyl (C=O) groups is 1. The lowest BCUT2D eigenvalue weighted by Crippen LogP contribution is -2.17. The molecule has 5 heteroatoms. The molecule has 0 aliphatic rings. The number of anilines is 1. The van der Waals surface area contributed by atoms with E-state index in [1.807, 2.05) is 44.2 Å². The Morgan fingerprint density at radius 3 is 2.59 bits per heavy atom. The van der Waals surface area contributed by atoms with Gasteiger partial charge in [-0.1, -0.05) is 29.8 Å². The van der Waals surface area contributed by atoms with E-state index in [-0.39, 0.29) is 13.2 Å². The van der Waals surface area contributed by atoms with Crippen LogP contribution >= 0.6 is 11.6 Å². The molecule has 0 fully saturated rings. The van der Waals surface area contributed by atoms with E-state index in [9.17, 15) is 4.79 Å². The minimum absolute atomic E-state index is 0.141. The Labute approximate surface area is 135 Å². The van der Waals surface area contributed by atoms with Crippen LogP contribution in [0.4, 0.5) is 10.5 Å². The van der Waals surface area contributed by atoms with Crippen LogP contribution in [0.15, 0.2) is 42.5 Å². The first-order chi connectivity index (χ1) is 10.6. The third kappa shape index (κ3) is 4.67. The van der Waals surface area contributed by atoms with Gasteiger partial charge in [0.2, 0.25) is 0 Å². The van der Waals surface area contributed by atoms with Crippen molar-refractivity contribution in [1.29, 1.82) is 0 Å². The molecule has 0 saturated heterocycles. The van der Waals surface area contributed by atoms with Crippen molar-refractivity contribution in [2.75, 3.05) is 18.5 Å². The Morgan fingerprint density at radius 1 is 1.09 bits per heavy atom. The normalized spacial score (nSPS) is 10.1. The molecule has 0 radical (unpaired) electrons. The number of amides is 1. The number of para-hydroxylation sites is 1. The zero-order chi connectivity index (χ0) is 15.9. The van der Waals surface area contributed by atoms with Crippen LogP contribution in [-0.2, 0) is 4.74 Å². The van der Waals surface area contributed by atoms with Crippen molar-refractivity contribution in [1.82, 2.24) is 0 Å². The number of benzene rings is 2. The zero-order valence-corrected chi connectivity index (χ0v) is 13.3. The van der Waals surface area contributed by atoms with Gasteiger partial charge in [0.1, 0.15) is 19.0 Å². The third-order valence-electron chi connectivity index (χ3n) is 3.16. The molecule has 0 spiro atoms. The molecule has 1 N–H and O–H groups in total. The molecule has 22 heavy (non-hydrogen) atoms. The van der Waals surface area contributed by atoms with Crippen LogP contribution < -0.4 is 10.1 Å². The number of halogens is 1. The van der Waals surface area contributed by atoms with E-state index in [2.05, 4.69) is 5.32 Å². The summed E-state index contributed by atoms with van der Waals surface area (Å²) >= 11 is 5.96. The maximum absolute atomic E-state index is 11.7. The van der Waals surface area contributed by atoms with E-state index < -0.39 is 6.09 Å². The summed E-state index contributed by atoms with van der Waals surface area (Å²) in [6, 6.07) is 12.8. The molecule has 0 aliphatic carbocycles. The third-order valence-corrected chi connectivity index (χ3v) is 3.48. The van der Waals surface area contributed by atoms with Gasteiger partial charge in [0.15, 0.2) is 0 Å². The number of ether oxygens (including phenoxy) is 2. The second-order valence-electron chi connectivity index (χ2n) is 4.84. The number of hydrogen-bond acceptors (Lipinski definition) is 3. The van der Waals surface area contributed by atoms with Crippen molar-refractivity contribution in [2.45, 2.75) is 13.8 Å². The molecule has 0 heterocycles. The van der Waals surface area contributed by atoms with Crippen LogP contribution in [0, 0.1) is 13.8 Å². The number of aryl methyl sites for hydroxylation is 2. The van der Waals surface area contributed by atoms with Crippen LogP contribution in [0.1, 0.15) is 11.1 Å². The first kappa shape index (κ1) is 16.2. The highest BCUT2D eigenvalue weighted by molar-refractivity contribution is 6.32. The Balaban J connectivity index is 1.74. The minimum Gasteiger partial charge on any atom is -0.488 e. The van der Waals surface area contributed by atoms with Crippen LogP contribution in [0.2, 0.25) is 5.02 Å². The van der Waals surface area contributed by atoms with Crippen molar-refractivity contribution in [3.63, 3.8) is 0 Å². The van der Waals surface area contributed by atoms with Crippen molar-refractivity contribution in [3.8, 4) is 5.75 Å². The van der Waals surface area contributed by atoms with Gasteiger partial charge in [-0.25, -0.2) is 4.79 Å². The highest BCUT2D eigenvalue weighted by atomic mass is 35.5. The average Bonchev–Trinajstić information content (AvgIpc) is 2.49. The molecule has 2 aromatic rings. The van der Waals surface area contributed by atoms with Gasteiger partial charge in [0.25, 0.3) is 0 Å². The van der Waals surface area contributed by atoms with E-state index >= 15 is 0 Å². The Bertz CT molecular complexity index is 658. The average molecular weight is 320 g/mol. The van der Waals surface area contributed by atoms with E-state index in [0.717, 1.165) is 5.56 Å². The zero-order valence-electron chi connectivity index (χ0n) is 12.6. The maximum atomic E-state index is 11.7. The van der Waals surface area contributed by atoms with E-state index in [0.29, 0.717) is 16.5 Å². The highest BCUT2D eigenvalue weighted by Gasteiger charge is 2.05. The van der Waals surface area contributed by atoms with Gasteiger partial charge in [0.05, 0.1) is 5.02 Å². The van der Waals surface area contributed by atoms with Crippen molar-refractivity contribution in [3.05, 3.63) is 58.6 Å². The Kier molecular flexibility index (Phi) is 5.67. The lowest BCUT2D eigenvalue weighted by molar-refractivity contribution is 0.138. The lowest BCUT2D eigenvalue weighted by atomic mass is 10.1. The molecule has 0 unspecified atom stereocenters. The summed E-state index contributed by atoms with van der Waals surface area (Å²) in [6.07, 6.45) is -0.508. The predicted molar refractivity (Wildman–Crippen MR) is 87.8 cm³/mol. The predicted octanol–water partition coefficient (Wildman–Crippen LogP) is 4.58. The molecule has 0 aromatic heterocycles. The lowest BCUT2D eigenvalue weighted by Gasteiger charge is -2.10. The van der Waals surface area contributed by atoms with Crippen molar-refractivity contribution in [2.24, 2.45) is 0 Å². The molecule has 2 aromatic carbocycles. The van der Waals surface area contributed by atoms with Crippen LogP contribution in [0.5, 0.6) is 5.75 Å². The molecular weight excluding hydrogens is 302 g/mol. The fraction of sp³-hybridized carbons (Fsp3) is 0.235. The Hall–Kier alpha value is -2.20. The Morgan fingerprint density at radius 2 is 1.86 bits per heavy atom. The maximum Gasteiger partial charge on any atom is 0.411 e. The number of nitrogens with one attached hydrogen (secondary N) is 1. The van der Waals surface area contributed by atoms with Crippen molar-refractivity contribution < 1.29 is 14.3 Å². The highest BCUT2D eigenvalue weighted by Crippen LogP contribution is 2.22. The summed E-state index contributed by atoms with van der Waals surface area (Å²) in [4.78, 5) is 11.7. The van der Waals surface area contributed by atoms with E-state index in [4.69, 9.17) is 21.1 Å². The summed E-state index contributed by atoms with van der Waals surface area (Å²) < 4.78 is 10.5. The second kappa shape index (κ2) is 7.71. The molecule has 0 saturated carbocycles. The first-order valence-corrected chi connectivity index (χ1v) is 7.32. The molecular formula is C17H18ClNO3. The van der Waals surface area contributed by atoms with Crippen LogP contribution in [0.25, 0.3) is 0 Å². The number of hydrogen-bond donors (Lipinski definition) is 1. The molecule has 4 nitrogen and oxygen atoms in total. The molecule has 2 rings (SSSR count). The molecule has 0 atom stereocenters. The molecule has 116 valence electrons. The topological polar surface area (TPSA) is 47.6 Å². The summed E-state index contributed by atoms with van der Waals surface area (Å²) in [6.45, 7) is 4.39. The molecule has 0 bridgehead atoms. The smallest absolute Gasteiger partial charge is 0.411 e. The summed E-state index contributed by atoms with van der Waals surface area (Å²) in [5.74, 6) is 0.572. The standard InChI is InChI=1S/C17H18ClNO3/c1-12-7-8-14(11-13(12)2)19-17(20)22-10-9-21-16-6-4-3-5-15(16)18/h3-8,11H,9-10H2,1-2H3,(H,19,20). The summed E-state index contributed by atoms with van der Waals surface area (Å²) in [5.41, 5.74) is 2.99. The van der Waals surface area contributed by atoms with E-state index in [1.54, 1.807) is 12.1 Å².